The predicted octanol–water partition coefficient (Wildman–Crippen LogP) is 5.07. The van der Waals surface area contributed by atoms with E-state index in [1.165, 1.54) is 6.08 Å². The highest BCUT2D eigenvalue weighted by molar-refractivity contribution is 7.80. The van der Waals surface area contributed by atoms with Gasteiger partial charge in [-0.3, -0.25) is 10.1 Å². The van der Waals surface area contributed by atoms with E-state index in [1.807, 2.05) is 72.1 Å². The van der Waals surface area contributed by atoms with Gasteiger partial charge in [-0.1, -0.05) is 24.3 Å². The van der Waals surface area contributed by atoms with Crippen molar-refractivity contribution in [3.63, 3.8) is 0 Å². The van der Waals surface area contributed by atoms with E-state index in [-0.39, 0.29) is 11.0 Å². The van der Waals surface area contributed by atoms with Crippen molar-refractivity contribution in [2.45, 2.75) is 0 Å². The van der Waals surface area contributed by atoms with Crippen LogP contribution in [0.3, 0.4) is 0 Å². The number of thiophene rings is 1. The Morgan fingerprint density at radius 2 is 1.69 bits per heavy atom. The van der Waals surface area contributed by atoms with Crippen molar-refractivity contribution < 1.29 is 9.53 Å². The van der Waals surface area contributed by atoms with E-state index in [2.05, 4.69) is 10.6 Å². The third-order valence-corrected chi connectivity index (χ3v) is 4.31. The Hall–Kier alpha value is -2.96. The molecule has 0 spiro atoms. The van der Waals surface area contributed by atoms with Crippen molar-refractivity contribution in [2.24, 2.45) is 0 Å². The summed E-state index contributed by atoms with van der Waals surface area (Å²) in [5.41, 5.74) is 0.762. The standard InChI is InChI=1S/C20H16N2O2S2/c23-19(13-12-18-7-4-14-26-18)22-20(25)21-15-8-10-17(11-9-15)24-16-5-2-1-3-6-16/h1-14H,(H2,21,22,23,25)/b13-12+. The molecular formula is C20H16N2O2S2. The number of carbonyl (C=O) groups excluding carboxylic acids is 1. The van der Waals surface area contributed by atoms with Crippen molar-refractivity contribution in [3.8, 4) is 11.5 Å². The molecule has 3 aromatic rings. The van der Waals surface area contributed by atoms with Gasteiger partial charge in [0.2, 0.25) is 5.91 Å². The number of nitrogens with one attached hydrogen (secondary N) is 2. The Balaban J connectivity index is 1.50. The summed E-state index contributed by atoms with van der Waals surface area (Å²) in [5.74, 6) is 1.21. The van der Waals surface area contributed by atoms with Gasteiger partial charge in [0.25, 0.3) is 0 Å². The first-order chi connectivity index (χ1) is 12.7. The molecule has 2 N–H and O–H groups in total. The van der Waals surface area contributed by atoms with Crippen molar-refractivity contribution in [3.05, 3.63) is 83.1 Å². The molecule has 0 saturated carbocycles. The first kappa shape index (κ1) is 17.8. The molecule has 0 aliphatic carbocycles. The minimum absolute atomic E-state index is 0.238. The van der Waals surface area contributed by atoms with Gasteiger partial charge in [-0.05, 0) is 66.1 Å². The second kappa shape index (κ2) is 8.94. The average molecular weight is 380 g/mol. The summed E-state index contributed by atoms with van der Waals surface area (Å²) >= 11 is 6.72. The number of rotatable bonds is 5. The largest absolute Gasteiger partial charge is 0.457 e. The third-order valence-electron chi connectivity index (χ3n) is 3.27. The normalized spacial score (nSPS) is 10.5. The van der Waals surface area contributed by atoms with E-state index in [0.717, 1.165) is 22.1 Å². The fourth-order valence-electron chi connectivity index (χ4n) is 2.09. The first-order valence-corrected chi connectivity index (χ1v) is 9.14. The minimum atomic E-state index is -0.278. The van der Waals surface area contributed by atoms with Crippen LogP contribution in [0.4, 0.5) is 5.69 Å². The quantitative estimate of drug-likeness (QED) is 0.479. The number of hydrogen-bond donors (Lipinski definition) is 2. The summed E-state index contributed by atoms with van der Waals surface area (Å²) in [6, 6.07) is 20.7. The molecule has 1 aromatic heterocycles. The number of para-hydroxylation sites is 1. The summed E-state index contributed by atoms with van der Waals surface area (Å²) in [4.78, 5) is 12.9. The van der Waals surface area contributed by atoms with Gasteiger partial charge < -0.3 is 10.1 Å². The van der Waals surface area contributed by atoms with Crippen LogP contribution in [0.1, 0.15) is 4.88 Å². The fraction of sp³-hybridized carbons (Fsp3) is 0. The molecule has 0 fully saturated rings. The Morgan fingerprint density at radius 1 is 0.962 bits per heavy atom. The molecule has 0 radical (unpaired) electrons. The summed E-state index contributed by atoms with van der Waals surface area (Å²) < 4.78 is 5.73. The molecule has 2 aromatic carbocycles. The Labute approximate surface area is 161 Å². The lowest BCUT2D eigenvalue weighted by atomic mass is 10.3. The van der Waals surface area contributed by atoms with Crippen molar-refractivity contribution in [2.75, 3.05) is 5.32 Å². The summed E-state index contributed by atoms with van der Waals surface area (Å²) in [5, 5.41) is 7.77. The van der Waals surface area contributed by atoms with E-state index in [0.29, 0.717) is 0 Å². The molecule has 0 aliphatic heterocycles. The SMILES string of the molecule is O=C(/C=C/c1cccs1)NC(=S)Nc1ccc(Oc2ccccc2)cc1. The van der Waals surface area contributed by atoms with Gasteiger partial charge in [0.05, 0.1) is 0 Å². The van der Waals surface area contributed by atoms with Crippen LogP contribution in [0.25, 0.3) is 6.08 Å². The molecule has 6 heteroatoms. The number of thiocarbonyl (C=S) groups is 1. The molecule has 4 nitrogen and oxygen atoms in total. The zero-order chi connectivity index (χ0) is 18.2. The zero-order valence-corrected chi connectivity index (χ0v) is 15.3. The van der Waals surface area contributed by atoms with E-state index < -0.39 is 0 Å². The van der Waals surface area contributed by atoms with Gasteiger partial charge in [-0.25, -0.2) is 0 Å². The number of amides is 1. The molecule has 0 atom stereocenters. The summed E-state index contributed by atoms with van der Waals surface area (Å²) in [6.07, 6.45) is 3.20. The topological polar surface area (TPSA) is 50.4 Å². The highest BCUT2D eigenvalue weighted by Gasteiger charge is 2.03. The van der Waals surface area contributed by atoms with Gasteiger partial charge in [-0.15, -0.1) is 11.3 Å². The van der Waals surface area contributed by atoms with Crippen LogP contribution in [0.2, 0.25) is 0 Å². The lowest BCUT2D eigenvalue weighted by molar-refractivity contribution is -0.115. The number of anilines is 1. The first-order valence-electron chi connectivity index (χ1n) is 7.85. The third kappa shape index (κ3) is 5.54. The van der Waals surface area contributed by atoms with Gasteiger partial charge in [0.1, 0.15) is 11.5 Å². The molecule has 3 rings (SSSR count). The second-order valence-corrected chi connectivity index (χ2v) is 6.62. The van der Waals surface area contributed by atoms with Crippen LogP contribution < -0.4 is 15.4 Å². The van der Waals surface area contributed by atoms with E-state index in [9.17, 15) is 4.79 Å². The number of benzene rings is 2. The number of carbonyl (C=O) groups is 1. The molecule has 0 aliphatic rings. The monoisotopic (exact) mass is 380 g/mol. The smallest absolute Gasteiger partial charge is 0.250 e. The van der Waals surface area contributed by atoms with Crippen LogP contribution >= 0.6 is 23.6 Å². The maximum Gasteiger partial charge on any atom is 0.250 e. The fourth-order valence-corrected chi connectivity index (χ4v) is 2.93. The van der Waals surface area contributed by atoms with Crippen LogP contribution in [-0.4, -0.2) is 11.0 Å². The Kier molecular flexibility index (Phi) is 6.14. The van der Waals surface area contributed by atoms with Crippen LogP contribution in [0.15, 0.2) is 78.2 Å². The lowest BCUT2D eigenvalue weighted by Crippen LogP contribution is -2.32. The van der Waals surface area contributed by atoms with Gasteiger partial charge in [0.15, 0.2) is 5.11 Å². The molecule has 1 amide bonds. The maximum absolute atomic E-state index is 11.9. The zero-order valence-electron chi connectivity index (χ0n) is 13.7. The van der Waals surface area contributed by atoms with E-state index in [4.69, 9.17) is 17.0 Å². The molecule has 0 saturated heterocycles. The van der Waals surface area contributed by atoms with Crippen LogP contribution in [-0.2, 0) is 4.79 Å². The molecule has 1 heterocycles. The van der Waals surface area contributed by atoms with E-state index in [1.54, 1.807) is 17.4 Å². The number of ether oxygens (including phenoxy) is 1. The van der Waals surface area contributed by atoms with Crippen molar-refractivity contribution >= 4 is 46.3 Å². The highest BCUT2D eigenvalue weighted by Crippen LogP contribution is 2.22. The van der Waals surface area contributed by atoms with Gasteiger partial charge >= 0.3 is 0 Å². The second-order valence-electron chi connectivity index (χ2n) is 5.23. The highest BCUT2D eigenvalue weighted by atomic mass is 32.1. The Morgan fingerprint density at radius 3 is 2.38 bits per heavy atom. The van der Waals surface area contributed by atoms with Gasteiger partial charge in [0, 0.05) is 16.6 Å². The lowest BCUT2D eigenvalue weighted by Gasteiger charge is -2.09. The van der Waals surface area contributed by atoms with Crippen molar-refractivity contribution in [1.29, 1.82) is 0 Å². The summed E-state index contributed by atoms with van der Waals surface area (Å²) in [7, 11) is 0. The van der Waals surface area contributed by atoms with Crippen molar-refractivity contribution in [1.82, 2.24) is 5.32 Å². The van der Waals surface area contributed by atoms with Gasteiger partial charge in [-0.2, -0.15) is 0 Å². The minimum Gasteiger partial charge on any atom is -0.457 e. The molecule has 130 valence electrons. The number of hydrogen-bond acceptors (Lipinski definition) is 4. The molecular weight excluding hydrogens is 364 g/mol. The van der Waals surface area contributed by atoms with Crippen LogP contribution in [0.5, 0.6) is 11.5 Å². The van der Waals surface area contributed by atoms with Crippen LogP contribution in [0, 0.1) is 0 Å². The predicted molar refractivity (Wildman–Crippen MR) is 111 cm³/mol. The molecule has 26 heavy (non-hydrogen) atoms. The average Bonchev–Trinajstić information content (AvgIpc) is 3.16. The Bertz CT molecular complexity index is 889. The maximum atomic E-state index is 11.9. The molecule has 0 bridgehead atoms. The summed E-state index contributed by atoms with van der Waals surface area (Å²) in [6.45, 7) is 0. The van der Waals surface area contributed by atoms with E-state index >= 15 is 0 Å². The molecule has 0 unspecified atom stereocenters.